The minimum atomic E-state index is -4.34. The fourth-order valence-corrected chi connectivity index (χ4v) is 1.38. The van der Waals surface area contributed by atoms with Crippen molar-refractivity contribution in [1.82, 2.24) is 0 Å². The van der Waals surface area contributed by atoms with Crippen molar-refractivity contribution in [3.8, 4) is 5.75 Å². The predicted molar refractivity (Wildman–Crippen MR) is 59.9 cm³/mol. The average molecular weight is 279 g/mol. The predicted octanol–water partition coefficient (Wildman–Crippen LogP) is 2.98. The summed E-state index contributed by atoms with van der Waals surface area (Å²) in [6.45, 7) is 0.733. The first-order chi connectivity index (χ1) is 8.70. The maximum absolute atomic E-state index is 12.0. The zero-order chi connectivity index (χ0) is 14.6. The molecule has 1 aromatic carbocycles. The van der Waals surface area contributed by atoms with Gasteiger partial charge in [-0.3, -0.25) is 10.1 Å². The van der Waals surface area contributed by atoms with E-state index in [1.165, 1.54) is 13.0 Å². The quantitative estimate of drug-likeness (QED) is 0.664. The van der Waals surface area contributed by atoms with Gasteiger partial charge >= 0.3 is 6.18 Å². The Morgan fingerprint density at radius 1 is 1.47 bits per heavy atom. The molecule has 0 saturated heterocycles. The highest BCUT2D eigenvalue weighted by atomic mass is 19.4. The number of non-ortho nitro benzene ring substituents is 1. The van der Waals surface area contributed by atoms with Gasteiger partial charge < -0.3 is 9.84 Å². The topological polar surface area (TPSA) is 72.6 Å². The first kappa shape index (κ1) is 15.2. The fourth-order valence-electron chi connectivity index (χ4n) is 1.38. The van der Waals surface area contributed by atoms with Gasteiger partial charge in [0, 0.05) is 17.7 Å². The third kappa shape index (κ3) is 4.74. The van der Waals surface area contributed by atoms with Crippen LogP contribution in [0.5, 0.6) is 5.75 Å². The second-order valence-electron chi connectivity index (χ2n) is 3.87. The molecule has 0 radical (unpaired) electrons. The number of nitro benzene ring substituents is 1. The molecule has 1 rings (SSSR count). The maximum Gasteiger partial charge on any atom is 0.392 e. The van der Waals surface area contributed by atoms with Crippen molar-refractivity contribution in [2.45, 2.75) is 25.6 Å². The van der Waals surface area contributed by atoms with Crippen LogP contribution >= 0.6 is 0 Å². The molecule has 106 valence electrons. The minimum Gasteiger partial charge on any atom is -0.493 e. The molecule has 0 aromatic heterocycles. The Labute approximate surface area is 106 Å². The van der Waals surface area contributed by atoms with Gasteiger partial charge in [-0.15, -0.1) is 0 Å². The number of aliphatic hydroxyl groups is 1. The van der Waals surface area contributed by atoms with Crippen LogP contribution in [0.15, 0.2) is 18.2 Å². The molecule has 0 fully saturated rings. The molecule has 1 aromatic rings. The molecule has 0 amide bonds. The molecular formula is C11H12F3NO4. The molecule has 8 heteroatoms. The van der Waals surface area contributed by atoms with E-state index < -0.39 is 30.2 Å². The molecule has 0 unspecified atom stereocenters. The summed E-state index contributed by atoms with van der Waals surface area (Å²) >= 11 is 0. The van der Waals surface area contributed by atoms with E-state index in [-0.39, 0.29) is 17.0 Å². The number of hydrogen-bond acceptors (Lipinski definition) is 4. The molecule has 5 nitrogen and oxygen atoms in total. The maximum atomic E-state index is 12.0. The fraction of sp³-hybridized carbons (Fsp3) is 0.455. The van der Waals surface area contributed by atoms with Gasteiger partial charge in [-0.25, -0.2) is 0 Å². The molecular weight excluding hydrogens is 267 g/mol. The SMILES string of the molecule is C[C@H](O)c1cc([N+](=O)[O-])ccc1OCCC(F)(F)F. The molecule has 0 aliphatic carbocycles. The van der Waals surface area contributed by atoms with Crippen molar-refractivity contribution in [3.05, 3.63) is 33.9 Å². The largest absolute Gasteiger partial charge is 0.493 e. The lowest BCUT2D eigenvalue weighted by atomic mass is 10.1. The van der Waals surface area contributed by atoms with E-state index in [0.29, 0.717) is 0 Å². The highest BCUT2D eigenvalue weighted by molar-refractivity contribution is 5.44. The average Bonchev–Trinajstić information content (AvgIpc) is 2.27. The van der Waals surface area contributed by atoms with E-state index in [4.69, 9.17) is 4.74 Å². The third-order valence-corrected chi connectivity index (χ3v) is 2.30. The summed E-state index contributed by atoms with van der Waals surface area (Å²) in [7, 11) is 0. The van der Waals surface area contributed by atoms with E-state index in [9.17, 15) is 28.4 Å². The lowest BCUT2D eigenvalue weighted by Gasteiger charge is -2.14. The van der Waals surface area contributed by atoms with Crippen LogP contribution in [0.2, 0.25) is 0 Å². The highest BCUT2D eigenvalue weighted by Crippen LogP contribution is 2.30. The van der Waals surface area contributed by atoms with Gasteiger partial charge in [0.25, 0.3) is 5.69 Å². The second-order valence-corrected chi connectivity index (χ2v) is 3.87. The van der Waals surface area contributed by atoms with Gasteiger partial charge in [0.2, 0.25) is 0 Å². The van der Waals surface area contributed by atoms with Crippen LogP contribution < -0.4 is 4.74 Å². The number of nitrogens with zero attached hydrogens (tertiary/aromatic N) is 1. The first-order valence-electron chi connectivity index (χ1n) is 5.36. The van der Waals surface area contributed by atoms with E-state index >= 15 is 0 Å². The normalized spacial score (nSPS) is 13.1. The minimum absolute atomic E-state index is 0.00449. The molecule has 0 aliphatic rings. The number of ether oxygens (including phenoxy) is 1. The lowest BCUT2D eigenvalue weighted by molar-refractivity contribution is -0.385. The lowest BCUT2D eigenvalue weighted by Crippen LogP contribution is -2.13. The van der Waals surface area contributed by atoms with Crippen molar-refractivity contribution in [3.63, 3.8) is 0 Å². The summed E-state index contributed by atoms with van der Waals surface area (Å²) in [5.41, 5.74) is -0.185. The Morgan fingerprint density at radius 2 is 2.11 bits per heavy atom. The number of halogens is 3. The summed E-state index contributed by atoms with van der Waals surface area (Å²) < 4.78 is 40.8. The Hall–Kier alpha value is -1.83. The van der Waals surface area contributed by atoms with Crippen LogP contribution in [0.4, 0.5) is 18.9 Å². The Morgan fingerprint density at radius 3 is 2.58 bits per heavy atom. The molecule has 0 spiro atoms. The standard InChI is InChI=1S/C11H12F3NO4/c1-7(16)9-6-8(15(17)18)2-3-10(9)19-5-4-11(12,13)14/h2-3,6-7,16H,4-5H2,1H3/t7-/m0/s1. The molecule has 1 N–H and O–H groups in total. The number of benzene rings is 1. The van der Waals surface area contributed by atoms with Crippen molar-refractivity contribution in [2.75, 3.05) is 6.61 Å². The van der Waals surface area contributed by atoms with Gasteiger partial charge in [0.05, 0.1) is 24.1 Å². The van der Waals surface area contributed by atoms with Crippen molar-refractivity contribution < 1.29 is 27.9 Å². The number of hydrogen-bond donors (Lipinski definition) is 1. The van der Waals surface area contributed by atoms with Crippen molar-refractivity contribution >= 4 is 5.69 Å². The van der Waals surface area contributed by atoms with Crippen LogP contribution in [0.25, 0.3) is 0 Å². The highest BCUT2D eigenvalue weighted by Gasteiger charge is 2.27. The molecule has 0 aliphatic heterocycles. The number of nitro groups is 1. The monoisotopic (exact) mass is 279 g/mol. The van der Waals surface area contributed by atoms with E-state index in [1.807, 2.05) is 0 Å². The second kappa shape index (κ2) is 5.87. The van der Waals surface area contributed by atoms with Crippen LogP contribution in [-0.2, 0) is 0 Å². The number of rotatable bonds is 5. The molecule has 0 bridgehead atoms. The zero-order valence-corrected chi connectivity index (χ0v) is 9.98. The van der Waals surface area contributed by atoms with Gasteiger partial charge in [0.15, 0.2) is 0 Å². The van der Waals surface area contributed by atoms with Crippen LogP contribution in [-0.4, -0.2) is 22.8 Å². The molecule has 0 saturated carbocycles. The van der Waals surface area contributed by atoms with E-state index in [2.05, 4.69) is 0 Å². The van der Waals surface area contributed by atoms with Crippen molar-refractivity contribution in [2.24, 2.45) is 0 Å². The molecule has 1 atom stereocenters. The van der Waals surface area contributed by atoms with Gasteiger partial charge in [-0.1, -0.05) is 0 Å². The summed E-state index contributed by atoms with van der Waals surface area (Å²) in [5.74, 6) is 0.00449. The van der Waals surface area contributed by atoms with E-state index in [1.54, 1.807) is 0 Å². The zero-order valence-electron chi connectivity index (χ0n) is 9.98. The van der Waals surface area contributed by atoms with Crippen molar-refractivity contribution in [1.29, 1.82) is 0 Å². The van der Waals surface area contributed by atoms with Crippen LogP contribution in [0.3, 0.4) is 0 Å². The summed E-state index contributed by atoms with van der Waals surface area (Å²) in [5, 5.41) is 20.0. The van der Waals surface area contributed by atoms with Crippen LogP contribution in [0.1, 0.15) is 25.0 Å². The first-order valence-corrected chi connectivity index (χ1v) is 5.36. The Balaban J connectivity index is 2.85. The smallest absolute Gasteiger partial charge is 0.392 e. The Bertz CT molecular complexity index is 460. The van der Waals surface area contributed by atoms with Gasteiger partial charge in [-0.2, -0.15) is 13.2 Å². The summed E-state index contributed by atoms with van der Waals surface area (Å²) in [6.07, 6.45) is -6.56. The number of aliphatic hydroxyl groups excluding tert-OH is 1. The van der Waals surface area contributed by atoms with Crippen LogP contribution in [0, 0.1) is 10.1 Å². The summed E-state index contributed by atoms with van der Waals surface area (Å²) in [6, 6.07) is 3.36. The third-order valence-electron chi connectivity index (χ3n) is 2.30. The summed E-state index contributed by atoms with van der Waals surface area (Å²) in [4.78, 5) is 9.91. The van der Waals surface area contributed by atoms with Gasteiger partial charge in [0.1, 0.15) is 5.75 Å². The van der Waals surface area contributed by atoms with E-state index in [0.717, 1.165) is 12.1 Å². The molecule has 19 heavy (non-hydrogen) atoms. The van der Waals surface area contributed by atoms with Gasteiger partial charge in [-0.05, 0) is 13.0 Å². The Kier molecular flexibility index (Phi) is 4.71. The number of alkyl halides is 3. The molecule has 0 heterocycles.